The fraction of sp³-hybridized carbons (Fsp3) is 0.400. The Morgan fingerprint density at radius 1 is 1.03 bits per heavy atom. The summed E-state index contributed by atoms with van der Waals surface area (Å²) < 4.78 is 108. The maximum atomic E-state index is 13.0. The Balaban J connectivity index is 1.75. The molecular weight excluding hydrogens is 464 g/mol. The van der Waals surface area contributed by atoms with Gasteiger partial charge in [0.25, 0.3) is 5.91 Å². The molecule has 5 nitrogen and oxygen atoms in total. The fourth-order valence-electron chi connectivity index (χ4n) is 3.48. The first kappa shape index (κ1) is 24.0. The van der Waals surface area contributed by atoms with E-state index >= 15 is 0 Å². The Morgan fingerprint density at radius 2 is 1.66 bits per heavy atom. The standard InChI is InChI=1S/C20H17F6NO4S/c1-11-9-16(17(31-11)20(24,25)26)18(28)27-13-5-7-14(8-6-13)32(29,30)15-4-2-3-12(10-15)19(21,22)23/h2-4,9-10,14H,5-8H2,1H3. The van der Waals surface area contributed by atoms with Crippen LogP contribution in [0.4, 0.5) is 26.3 Å². The highest BCUT2D eigenvalue weighted by atomic mass is 32.2. The van der Waals surface area contributed by atoms with Crippen molar-refractivity contribution in [1.29, 1.82) is 0 Å². The van der Waals surface area contributed by atoms with Gasteiger partial charge in [0.1, 0.15) is 5.76 Å². The molecule has 0 bridgehead atoms. The predicted octanol–water partition coefficient (Wildman–Crippen LogP) is 5.62. The minimum Gasteiger partial charge on any atom is -0.456 e. The van der Waals surface area contributed by atoms with Crippen LogP contribution in [-0.4, -0.2) is 25.3 Å². The minimum atomic E-state index is -4.88. The molecule has 0 spiro atoms. The van der Waals surface area contributed by atoms with Crippen molar-refractivity contribution >= 4 is 21.5 Å². The number of aryl methyl sites for hydroxylation is 1. The summed E-state index contributed by atoms with van der Waals surface area (Å²) in [5.41, 5.74) is -1.60. The Kier molecular flexibility index (Phi) is 6.29. The van der Waals surface area contributed by atoms with E-state index in [1.54, 1.807) is 0 Å². The first-order valence-corrected chi connectivity index (χ1v) is 10.9. The van der Waals surface area contributed by atoms with Gasteiger partial charge in [0.15, 0.2) is 9.84 Å². The molecule has 12 heteroatoms. The number of nitrogens with zero attached hydrogens (tertiary/aromatic N) is 1. The molecule has 32 heavy (non-hydrogen) atoms. The Hall–Kier alpha value is -2.63. The van der Waals surface area contributed by atoms with E-state index in [9.17, 15) is 39.6 Å². The molecule has 2 aromatic rings. The summed E-state index contributed by atoms with van der Waals surface area (Å²) in [7, 11) is -4.08. The second-order valence-corrected chi connectivity index (χ2v) is 9.58. The number of carbonyl (C=O) groups is 1. The number of rotatable bonds is 3. The summed E-state index contributed by atoms with van der Waals surface area (Å²) in [6.45, 7) is 1.25. The molecule has 1 saturated carbocycles. The zero-order chi connectivity index (χ0) is 23.9. The number of alkyl halides is 6. The molecule has 1 aromatic carbocycles. The number of hydrogen-bond donors (Lipinski definition) is 0. The fourth-order valence-corrected chi connectivity index (χ4v) is 5.28. The highest BCUT2D eigenvalue weighted by Gasteiger charge is 2.40. The first-order chi connectivity index (χ1) is 14.7. The highest BCUT2D eigenvalue weighted by molar-refractivity contribution is 7.92. The summed E-state index contributed by atoms with van der Waals surface area (Å²) >= 11 is 0. The van der Waals surface area contributed by atoms with Gasteiger partial charge in [-0.05, 0) is 56.9 Å². The molecule has 0 aliphatic heterocycles. The quantitative estimate of drug-likeness (QED) is 0.533. The number of aliphatic imine (C=N–C) groups is 1. The number of sulfone groups is 1. The van der Waals surface area contributed by atoms with E-state index in [0.717, 1.165) is 24.3 Å². The Labute approximate surface area is 179 Å². The number of halogens is 6. The summed E-state index contributed by atoms with van der Waals surface area (Å²) in [5.74, 6) is -2.72. The molecule has 3 rings (SSSR count). The second-order valence-electron chi connectivity index (χ2n) is 7.35. The van der Waals surface area contributed by atoms with E-state index in [4.69, 9.17) is 0 Å². The molecular formula is C20H17F6NO4S. The van der Waals surface area contributed by atoms with Crippen LogP contribution in [0.5, 0.6) is 0 Å². The summed E-state index contributed by atoms with van der Waals surface area (Å²) in [6, 6.07) is 4.36. The zero-order valence-electron chi connectivity index (χ0n) is 16.5. The average molecular weight is 481 g/mol. The van der Waals surface area contributed by atoms with Gasteiger partial charge in [-0.25, -0.2) is 13.4 Å². The van der Waals surface area contributed by atoms with Crippen LogP contribution in [0.25, 0.3) is 0 Å². The molecule has 1 aliphatic carbocycles. The Morgan fingerprint density at radius 3 is 2.22 bits per heavy atom. The molecule has 174 valence electrons. The normalized spacial score (nSPS) is 18.0. The van der Waals surface area contributed by atoms with Crippen molar-refractivity contribution in [3.05, 3.63) is 53.0 Å². The van der Waals surface area contributed by atoms with Crippen LogP contribution in [0.1, 0.15) is 53.1 Å². The lowest BCUT2D eigenvalue weighted by Crippen LogP contribution is -2.28. The van der Waals surface area contributed by atoms with E-state index in [0.29, 0.717) is 6.07 Å². The number of hydrogen-bond acceptors (Lipinski definition) is 4. The van der Waals surface area contributed by atoms with Gasteiger partial charge < -0.3 is 4.42 Å². The van der Waals surface area contributed by atoms with Crippen LogP contribution < -0.4 is 0 Å². The molecule has 1 heterocycles. The third-order valence-corrected chi connectivity index (χ3v) is 7.30. The van der Waals surface area contributed by atoms with Gasteiger partial charge in [0.2, 0.25) is 5.76 Å². The van der Waals surface area contributed by atoms with Crippen LogP contribution in [0.2, 0.25) is 0 Å². The smallest absolute Gasteiger partial charge is 0.450 e. The SMILES string of the molecule is Cc1cc(C(=O)N=C2CCC(S(=O)(=O)c3cccc(C(F)(F)F)c3)CC2)c(C(F)(F)F)o1. The van der Waals surface area contributed by atoms with Gasteiger partial charge in [0, 0.05) is 5.71 Å². The van der Waals surface area contributed by atoms with Gasteiger partial charge in [-0.2, -0.15) is 26.3 Å². The predicted molar refractivity (Wildman–Crippen MR) is 101 cm³/mol. The van der Waals surface area contributed by atoms with E-state index in [-0.39, 0.29) is 37.2 Å². The Bertz CT molecular complexity index is 1150. The van der Waals surface area contributed by atoms with Crippen LogP contribution in [0, 0.1) is 6.92 Å². The van der Waals surface area contributed by atoms with Crippen molar-refractivity contribution in [3.8, 4) is 0 Å². The van der Waals surface area contributed by atoms with Crippen molar-refractivity contribution in [2.45, 2.75) is 55.1 Å². The summed E-state index contributed by atoms with van der Waals surface area (Å²) in [4.78, 5) is 15.5. The molecule has 1 amide bonds. The van der Waals surface area contributed by atoms with Crippen molar-refractivity contribution in [2.75, 3.05) is 0 Å². The topological polar surface area (TPSA) is 76.7 Å². The number of benzene rings is 1. The summed E-state index contributed by atoms with van der Waals surface area (Å²) in [5, 5.41) is -0.998. The van der Waals surface area contributed by atoms with Crippen LogP contribution in [-0.2, 0) is 22.2 Å². The molecule has 0 radical (unpaired) electrons. The zero-order valence-corrected chi connectivity index (χ0v) is 17.4. The van der Waals surface area contributed by atoms with Crippen LogP contribution >= 0.6 is 0 Å². The van der Waals surface area contributed by atoms with Gasteiger partial charge in [-0.3, -0.25) is 4.79 Å². The molecule has 0 unspecified atom stereocenters. The summed E-state index contributed by atoms with van der Waals surface area (Å²) in [6.07, 6.45) is -9.61. The highest BCUT2D eigenvalue weighted by Crippen LogP contribution is 2.35. The maximum Gasteiger partial charge on any atom is 0.450 e. The molecule has 0 N–H and O–H groups in total. The third-order valence-electron chi connectivity index (χ3n) is 5.04. The number of amides is 1. The maximum absolute atomic E-state index is 13.0. The number of furan rings is 1. The molecule has 1 aliphatic rings. The van der Waals surface area contributed by atoms with E-state index in [1.165, 1.54) is 6.92 Å². The molecule has 1 fully saturated rings. The third kappa shape index (κ3) is 5.05. The number of carbonyl (C=O) groups excluding carboxylic acids is 1. The first-order valence-electron chi connectivity index (χ1n) is 9.39. The van der Waals surface area contributed by atoms with E-state index < -0.39 is 55.1 Å². The van der Waals surface area contributed by atoms with Crippen molar-refractivity contribution in [2.24, 2.45) is 4.99 Å². The van der Waals surface area contributed by atoms with Crippen LogP contribution in [0.15, 0.2) is 44.6 Å². The van der Waals surface area contributed by atoms with Gasteiger partial charge in [-0.1, -0.05) is 6.07 Å². The van der Waals surface area contributed by atoms with Gasteiger partial charge in [0.05, 0.1) is 21.3 Å². The van der Waals surface area contributed by atoms with Crippen LogP contribution in [0.3, 0.4) is 0 Å². The minimum absolute atomic E-state index is 0.00673. The average Bonchev–Trinajstić information content (AvgIpc) is 3.10. The van der Waals surface area contributed by atoms with Crippen molar-refractivity contribution in [1.82, 2.24) is 0 Å². The largest absolute Gasteiger partial charge is 0.456 e. The van der Waals surface area contributed by atoms with E-state index in [1.807, 2.05) is 0 Å². The molecule has 1 aromatic heterocycles. The lowest BCUT2D eigenvalue weighted by molar-refractivity contribution is -0.153. The van der Waals surface area contributed by atoms with E-state index in [2.05, 4.69) is 9.41 Å². The second kappa shape index (κ2) is 8.38. The lowest BCUT2D eigenvalue weighted by atomic mass is 9.98. The van der Waals surface area contributed by atoms with Gasteiger partial charge in [-0.15, -0.1) is 0 Å². The molecule has 0 atom stereocenters. The van der Waals surface area contributed by atoms with Gasteiger partial charge >= 0.3 is 12.4 Å². The monoisotopic (exact) mass is 481 g/mol. The lowest BCUT2D eigenvalue weighted by Gasteiger charge is -2.23. The van der Waals surface area contributed by atoms with Crippen molar-refractivity contribution < 1.29 is 44.0 Å². The van der Waals surface area contributed by atoms with Crippen molar-refractivity contribution in [3.63, 3.8) is 0 Å². The molecule has 0 saturated heterocycles.